The molecule has 1 heterocycles. The van der Waals surface area contributed by atoms with Crippen molar-refractivity contribution in [2.75, 3.05) is 6.26 Å². The standard InChI is InChI=1S/C6H8FNO2S/c1-11(9,10)5-2-3-6(7)8-4-5/h2-4,9-10H,1H3. The second kappa shape index (κ2) is 2.77. The lowest BCUT2D eigenvalue weighted by Crippen LogP contribution is -1.95. The number of hydrogen-bond acceptors (Lipinski definition) is 3. The molecule has 0 radical (unpaired) electrons. The summed E-state index contributed by atoms with van der Waals surface area (Å²) in [7, 11) is -2.75. The third-order valence-corrected chi connectivity index (χ3v) is 2.28. The van der Waals surface area contributed by atoms with E-state index in [1.54, 1.807) is 0 Å². The first-order valence-electron chi connectivity index (χ1n) is 2.85. The molecule has 1 aromatic heterocycles. The molecule has 0 saturated carbocycles. The third-order valence-electron chi connectivity index (χ3n) is 1.15. The minimum Gasteiger partial charge on any atom is -0.295 e. The van der Waals surface area contributed by atoms with E-state index in [2.05, 4.69) is 4.98 Å². The molecule has 0 atom stereocenters. The average Bonchev–Trinajstić information content (AvgIpc) is 1.86. The zero-order valence-corrected chi connectivity index (χ0v) is 6.68. The maximum absolute atomic E-state index is 12.2. The Bertz CT molecular complexity index is 244. The van der Waals surface area contributed by atoms with E-state index < -0.39 is 16.5 Å². The lowest BCUT2D eigenvalue weighted by molar-refractivity contribution is 0.493. The van der Waals surface area contributed by atoms with E-state index in [4.69, 9.17) is 9.11 Å². The summed E-state index contributed by atoms with van der Waals surface area (Å²) in [6.07, 6.45) is 2.38. The molecule has 0 bridgehead atoms. The maximum atomic E-state index is 12.2. The molecule has 1 aromatic rings. The van der Waals surface area contributed by atoms with Crippen LogP contribution in [0.1, 0.15) is 0 Å². The number of rotatable bonds is 1. The van der Waals surface area contributed by atoms with E-state index in [-0.39, 0.29) is 4.90 Å². The summed E-state index contributed by atoms with van der Waals surface area (Å²) in [5, 5.41) is 0. The molecular formula is C6H8FNO2S. The van der Waals surface area contributed by atoms with Gasteiger partial charge >= 0.3 is 0 Å². The number of halogens is 1. The molecule has 0 aliphatic heterocycles. The normalized spacial score (nSPS) is 13.1. The van der Waals surface area contributed by atoms with Crippen LogP contribution in [-0.4, -0.2) is 20.3 Å². The number of hydrogen-bond donors (Lipinski definition) is 2. The number of aromatic nitrogens is 1. The van der Waals surface area contributed by atoms with Gasteiger partial charge in [0.1, 0.15) is 0 Å². The molecule has 0 amide bonds. The maximum Gasteiger partial charge on any atom is 0.212 e. The van der Waals surface area contributed by atoms with Crippen molar-refractivity contribution in [3.05, 3.63) is 24.3 Å². The van der Waals surface area contributed by atoms with Gasteiger partial charge in [-0.05, 0) is 12.1 Å². The summed E-state index contributed by atoms with van der Waals surface area (Å²) in [6, 6.07) is 2.39. The molecule has 2 N–H and O–H groups in total. The summed E-state index contributed by atoms with van der Waals surface area (Å²) in [5.41, 5.74) is 0. The minimum atomic E-state index is -2.75. The highest BCUT2D eigenvalue weighted by atomic mass is 32.3. The van der Waals surface area contributed by atoms with Crippen LogP contribution in [-0.2, 0) is 0 Å². The fourth-order valence-corrected chi connectivity index (χ4v) is 1.17. The quantitative estimate of drug-likeness (QED) is 0.645. The summed E-state index contributed by atoms with van der Waals surface area (Å²) in [5.74, 6) is -0.627. The molecule has 1 rings (SSSR count). The first-order valence-corrected chi connectivity index (χ1v) is 4.80. The van der Waals surface area contributed by atoms with Crippen LogP contribution >= 0.6 is 10.6 Å². The van der Waals surface area contributed by atoms with Crippen molar-refractivity contribution < 1.29 is 13.5 Å². The van der Waals surface area contributed by atoms with Crippen LogP contribution in [0, 0.1) is 5.95 Å². The molecule has 0 aromatic carbocycles. The molecule has 3 nitrogen and oxygen atoms in total. The van der Waals surface area contributed by atoms with Gasteiger partial charge in [0.25, 0.3) is 0 Å². The molecule has 62 valence electrons. The van der Waals surface area contributed by atoms with Gasteiger partial charge in [0.05, 0.1) is 11.1 Å². The van der Waals surface area contributed by atoms with Crippen LogP contribution in [0.2, 0.25) is 0 Å². The Morgan fingerprint density at radius 1 is 1.45 bits per heavy atom. The molecule has 0 saturated heterocycles. The van der Waals surface area contributed by atoms with Gasteiger partial charge in [-0.3, -0.25) is 9.11 Å². The van der Waals surface area contributed by atoms with Crippen molar-refractivity contribution in [3.8, 4) is 0 Å². The second-order valence-corrected chi connectivity index (χ2v) is 4.29. The fourth-order valence-electron chi connectivity index (χ4n) is 0.591. The lowest BCUT2D eigenvalue weighted by Gasteiger charge is -2.25. The van der Waals surface area contributed by atoms with E-state index >= 15 is 0 Å². The summed E-state index contributed by atoms with van der Waals surface area (Å²) >= 11 is 0. The topological polar surface area (TPSA) is 53.4 Å². The van der Waals surface area contributed by atoms with Crippen LogP contribution in [0.4, 0.5) is 4.39 Å². The van der Waals surface area contributed by atoms with E-state index in [9.17, 15) is 4.39 Å². The fraction of sp³-hybridized carbons (Fsp3) is 0.167. The molecule has 0 aliphatic rings. The second-order valence-electron chi connectivity index (χ2n) is 2.15. The van der Waals surface area contributed by atoms with Crippen LogP contribution < -0.4 is 0 Å². The van der Waals surface area contributed by atoms with Gasteiger partial charge in [-0.15, -0.1) is 0 Å². The first kappa shape index (κ1) is 8.45. The summed E-state index contributed by atoms with van der Waals surface area (Å²) < 4.78 is 30.3. The van der Waals surface area contributed by atoms with E-state index in [0.29, 0.717) is 0 Å². The molecule has 0 unspecified atom stereocenters. The Hall–Kier alpha value is -0.650. The van der Waals surface area contributed by atoms with E-state index in [0.717, 1.165) is 12.3 Å². The predicted molar refractivity (Wildman–Crippen MR) is 41.2 cm³/mol. The van der Waals surface area contributed by atoms with Gasteiger partial charge in [0.15, 0.2) is 0 Å². The highest BCUT2D eigenvalue weighted by molar-refractivity contribution is 8.23. The van der Waals surface area contributed by atoms with Gasteiger partial charge < -0.3 is 0 Å². The van der Waals surface area contributed by atoms with Gasteiger partial charge in [-0.25, -0.2) is 4.98 Å². The van der Waals surface area contributed by atoms with Gasteiger partial charge in [0, 0.05) is 6.26 Å². The van der Waals surface area contributed by atoms with Crippen LogP contribution in [0.15, 0.2) is 23.2 Å². The first-order chi connectivity index (χ1) is 5.00. The third kappa shape index (κ3) is 2.14. The SMILES string of the molecule is CS(O)(O)c1ccc(F)nc1. The van der Waals surface area contributed by atoms with E-state index in [1.165, 1.54) is 12.3 Å². The highest BCUT2D eigenvalue weighted by Gasteiger charge is 2.07. The monoisotopic (exact) mass is 177 g/mol. The predicted octanol–water partition coefficient (Wildman–Crippen LogP) is 1.96. The molecule has 0 aliphatic carbocycles. The van der Waals surface area contributed by atoms with Gasteiger partial charge in [-0.2, -0.15) is 15.0 Å². The van der Waals surface area contributed by atoms with Crippen molar-refractivity contribution in [1.82, 2.24) is 4.98 Å². The Morgan fingerprint density at radius 3 is 2.45 bits per heavy atom. The molecular weight excluding hydrogens is 169 g/mol. The lowest BCUT2D eigenvalue weighted by atomic mass is 10.5. The van der Waals surface area contributed by atoms with Crippen LogP contribution in [0.5, 0.6) is 0 Å². The smallest absolute Gasteiger partial charge is 0.212 e. The zero-order valence-electron chi connectivity index (χ0n) is 5.86. The van der Waals surface area contributed by atoms with Crippen molar-refractivity contribution in [3.63, 3.8) is 0 Å². The highest BCUT2D eigenvalue weighted by Crippen LogP contribution is 2.43. The Labute approximate surface area is 65.2 Å². The van der Waals surface area contributed by atoms with Gasteiger partial charge in [0.2, 0.25) is 5.95 Å². The zero-order chi connectivity index (χ0) is 8.48. The minimum absolute atomic E-state index is 0.249. The van der Waals surface area contributed by atoms with Crippen molar-refractivity contribution in [2.45, 2.75) is 4.90 Å². The number of nitrogens with zero attached hydrogens (tertiary/aromatic N) is 1. The van der Waals surface area contributed by atoms with Crippen LogP contribution in [0.25, 0.3) is 0 Å². The Kier molecular flexibility index (Phi) is 2.12. The largest absolute Gasteiger partial charge is 0.295 e. The van der Waals surface area contributed by atoms with Crippen LogP contribution in [0.3, 0.4) is 0 Å². The summed E-state index contributed by atoms with van der Waals surface area (Å²) in [4.78, 5) is 3.53. The Morgan fingerprint density at radius 2 is 2.09 bits per heavy atom. The number of pyridine rings is 1. The van der Waals surface area contributed by atoms with Gasteiger partial charge in [-0.1, -0.05) is 0 Å². The van der Waals surface area contributed by atoms with Crippen molar-refractivity contribution in [2.24, 2.45) is 0 Å². The van der Waals surface area contributed by atoms with Crippen molar-refractivity contribution >= 4 is 10.6 Å². The molecule has 5 heteroatoms. The summed E-state index contributed by atoms with van der Waals surface area (Å²) in [6.45, 7) is 0. The molecule has 0 spiro atoms. The Balaban J connectivity index is 2.99. The van der Waals surface area contributed by atoms with E-state index in [1.807, 2.05) is 0 Å². The average molecular weight is 177 g/mol. The molecule has 11 heavy (non-hydrogen) atoms. The molecule has 0 fully saturated rings. The van der Waals surface area contributed by atoms with Crippen molar-refractivity contribution in [1.29, 1.82) is 0 Å².